The first-order valence-electron chi connectivity index (χ1n) is 6.64. The van der Waals surface area contributed by atoms with Crippen LogP contribution in [0.3, 0.4) is 0 Å². The molecule has 1 aliphatic heterocycles. The maximum Gasteiger partial charge on any atom is 0.178 e. The van der Waals surface area contributed by atoms with Gasteiger partial charge in [0.25, 0.3) is 0 Å². The van der Waals surface area contributed by atoms with Gasteiger partial charge in [0.1, 0.15) is 12.4 Å². The lowest BCUT2D eigenvalue weighted by Crippen LogP contribution is -2.18. The first kappa shape index (κ1) is 11.3. The van der Waals surface area contributed by atoms with Gasteiger partial charge >= 0.3 is 0 Å². The van der Waals surface area contributed by atoms with Crippen molar-refractivity contribution in [2.45, 2.75) is 6.92 Å². The van der Waals surface area contributed by atoms with Crippen molar-refractivity contribution >= 4 is 16.9 Å². The van der Waals surface area contributed by atoms with Crippen LogP contribution in [0.15, 0.2) is 30.5 Å². The van der Waals surface area contributed by atoms with Crippen LogP contribution in [0.1, 0.15) is 5.56 Å². The average Bonchev–Trinajstić information content (AvgIpc) is 2.92. The number of aromatic nitrogens is 3. The van der Waals surface area contributed by atoms with Crippen LogP contribution in [0.25, 0.3) is 22.6 Å². The van der Waals surface area contributed by atoms with Gasteiger partial charge in [0.05, 0.1) is 16.8 Å². The van der Waals surface area contributed by atoms with Crippen molar-refractivity contribution < 1.29 is 4.74 Å². The third-order valence-corrected chi connectivity index (χ3v) is 3.53. The van der Waals surface area contributed by atoms with Crippen molar-refractivity contribution in [1.29, 1.82) is 0 Å². The van der Waals surface area contributed by atoms with Gasteiger partial charge in [-0.05, 0) is 30.7 Å². The molecule has 3 heterocycles. The highest BCUT2D eigenvalue weighted by molar-refractivity contribution is 5.82. The monoisotopic (exact) mass is 266 g/mol. The number of hydrogen-bond acceptors (Lipinski definition) is 4. The number of anilines is 1. The first-order valence-corrected chi connectivity index (χ1v) is 6.64. The van der Waals surface area contributed by atoms with Crippen molar-refractivity contribution in [3.63, 3.8) is 0 Å². The van der Waals surface area contributed by atoms with E-state index in [9.17, 15) is 0 Å². The quantitative estimate of drug-likeness (QED) is 0.711. The molecule has 1 aliphatic rings. The smallest absolute Gasteiger partial charge is 0.178 e. The fraction of sp³-hybridized carbons (Fsp3) is 0.200. The van der Waals surface area contributed by atoms with Gasteiger partial charge < -0.3 is 15.0 Å². The van der Waals surface area contributed by atoms with E-state index in [4.69, 9.17) is 4.74 Å². The molecule has 0 atom stereocenters. The van der Waals surface area contributed by atoms with Gasteiger partial charge in [0, 0.05) is 12.7 Å². The Kier molecular flexibility index (Phi) is 2.39. The number of aryl methyl sites for hydroxylation is 1. The van der Waals surface area contributed by atoms with E-state index in [0.717, 1.165) is 46.1 Å². The zero-order valence-electron chi connectivity index (χ0n) is 11.1. The summed E-state index contributed by atoms with van der Waals surface area (Å²) in [7, 11) is 0. The number of nitrogens with one attached hydrogen (secondary N) is 2. The molecule has 100 valence electrons. The van der Waals surface area contributed by atoms with E-state index in [2.05, 4.69) is 20.3 Å². The molecule has 0 amide bonds. The Bertz CT molecular complexity index is 794. The summed E-state index contributed by atoms with van der Waals surface area (Å²) in [5.41, 5.74) is 4.83. The summed E-state index contributed by atoms with van der Waals surface area (Å²) < 4.78 is 5.79. The molecular weight excluding hydrogens is 252 g/mol. The Hall–Kier alpha value is -2.56. The highest BCUT2D eigenvalue weighted by Crippen LogP contribution is 2.37. The largest absolute Gasteiger partial charge is 0.489 e. The van der Waals surface area contributed by atoms with Crippen molar-refractivity contribution in [2.75, 3.05) is 18.5 Å². The Balaban J connectivity index is 1.93. The molecule has 0 bridgehead atoms. The number of pyridine rings is 1. The molecule has 4 rings (SSSR count). The average molecular weight is 266 g/mol. The van der Waals surface area contributed by atoms with Gasteiger partial charge in [-0.2, -0.15) is 0 Å². The van der Waals surface area contributed by atoms with Crippen LogP contribution in [0.4, 0.5) is 5.69 Å². The Morgan fingerprint density at radius 2 is 2.20 bits per heavy atom. The highest BCUT2D eigenvalue weighted by Gasteiger charge is 2.18. The number of aromatic amines is 1. The SMILES string of the molecule is Cc1ccnc2nc(-c3cccc4c3OCCN4)[nH]c12. The number of H-pyrrole nitrogens is 1. The minimum absolute atomic E-state index is 0.668. The third kappa shape index (κ3) is 1.63. The Morgan fingerprint density at radius 3 is 3.10 bits per heavy atom. The summed E-state index contributed by atoms with van der Waals surface area (Å²) >= 11 is 0. The molecular formula is C15H14N4O. The maximum atomic E-state index is 5.79. The molecule has 0 saturated carbocycles. The van der Waals surface area contributed by atoms with Crippen LogP contribution in [0.2, 0.25) is 0 Å². The predicted octanol–water partition coefficient (Wildman–Crippen LogP) is 2.74. The maximum absolute atomic E-state index is 5.79. The van der Waals surface area contributed by atoms with Crippen molar-refractivity contribution in [3.8, 4) is 17.1 Å². The fourth-order valence-corrected chi connectivity index (χ4v) is 2.52. The normalized spacial score (nSPS) is 13.7. The second-order valence-electron chi connectivity index (χ2n) is 4.87. The Morgan fingerprint density at radius 1 is 1.25 bits per heavy atom. The lowest BCUT2D eigenvalue weighted by atomic mass is 10.1. The molecule has 0 saturated heterocycles. The molecule has 5 heteroatoms. The summed E-state index contributed by atoms with van der Waals surface area (Å²) in [5.74, 6) is 1.65. The minimum Gasteiger partial charge on any atom is -0.489 e. The van der Waals surface area contributed by atoms with Crippen LogP contribution in [-0.2, 0) is 0 Å². The second-order valence-corrected chi connectivity index (χ2v) is 4.87. The molecule has 1 aromatic carbocycles. The first-order chi connectivity index (χ1) is 9.83. The van der Waals surface area contributed by atoms with Crippen molar-refractivity contribution in [1.82, 2.24) is 15.0 Å². The lowest BCUT2D eigenvalue weighted by Gasteiger charge is -2.20. The van der Waals surface area contributed by atoms with Crippen LogP contribution < -0.4 is 10.1 Å². The molecule has 0 spiro atoms. The van der Waals surface area contributed by atoms with E-state index in [-0.39, 0.29) is 0 Å². The van der Waals surface area contributed by atoms with E-state index < -0.39 is 0 Å². The summed E-state index contributed by atoms with van der Waals surface area (Å²) in [4.78, 5) is 12.2. The molecule has 0 unspecified atom stereocenters. The summed E-state index contributed by atoms with van der Waals surface area (Å²) in [5, 5.41) is 3.34. The molecule has 2 aromatic heterocycles. The zero-order valence-corrected chi connectivity index (χ0v) is 11.1. The number of rotatable bonds is 1. The number of imidazole rings is 1. The van der Waals surface area contributed by atoms with Crippen molar-refractivity contribution in [2.24, 2.45) is 0 Å². The van der Waals surface area contributed by atoms with E-state index >= 15 is 0 Å². The minimum atomic E-state index is 0.668. The number of para-hydroxylation sites is 1. The van der Waals surface area contributed by atoms with E-state index in [1.54, 1.807) is 6.20 Å². The van der Waals surface area contributed by atoms with Crippen LogP contribution in [0.5, 0.6) is 5.75 Å². The highest BCUT2D eigenvalue weighted by atomic mass is 16.5. The molecule has 2 N–H and O–H groups in total. The number of fused-ring (bicyclic) bond motifs is 2. The molecule has 3 aromatic rings. The number of nitrogens with zero attached hydrogens (tertiary/aromatic N) is 2. The molecule has 0 fully saturated rings. The van der Waals surface area contributed by atoms with E-state index in [0.29, 0.717) is 6.61 Å². The topological polar surface area (TPSA) is 62.8 Å². The summed E-state index contributed by atoms with van der Waals surface area (Å²) in [6.07, 6.45) is 1.78. The van der Waals surface area contributed by atoms with Gasteiger partial charge in [0.2, 0.25) is 0 Å². The molecule has 20 heavy (non-hydrogen) atoms. The fourth-order valence-electron chi connectivity index (χ4n) is 2.52. The number of hydrogen-bond donors (Lipinski definition) is 2. The van der Waals surface area contributed by atoms with Crippen LogP contribution in [0, 0.1) is 6.92 Å². The predicted molar refractivity (Wildman–Crippen MR) is 78.0 cm³/mol. The van der Waals surface area contributed by atoms with Gasteiger partial charge in [0.15, 0.2) is 11.4 Å². The van der Waals surface area contributed by atoms with Crippen LogP contribution in [-0.4, -0.2) is 28.1 Å². The number of ether oxygens (including phenoxy) is 1. The standard InChI is InChI=1S/C15H14N4O/c1-9-5-6-17-15-12(9)18-14(19-15)10-3-2-4-11-13(10)20-8-7-16-11/h2-6,16H,7-8H2,1H3,(H,17,18,19). The van der Waals surface area contributed by atoms with Gasteiger partial charge in [-0.15, -0.1) is 0 Å². The van der Waals surface area contributed by atoms with E-state index in [1.807, 2.05) is 31.2 Å². The molecule has 0 aliphatic carbocycles. The molecule has 0 radical (unpaired) electrons. The van der Waals surface area contributed by atoms with Crippen LogP contribution >= 0.6 is 0 Å². The van der Waals surface area contributed by atoms with Gasteiger partial charge in [-0.1, -0.05) is 6.07 Å². The summed E-state index contributed by atoms with van der Waals surface area (Å²) in [6, 6.07) is 8.01. The Labute approximate surface area is 116 Å². The third-order valence-electron chi connectivity index (χ3n) is 3.53. The second kappa shape index (κ2) is 4.23. The lowest BCUT2D eigenvalue weighted by molar-refractivity contribution is 0.324. The number of benzene rings is 1. The van der Waals surface area contributed by atoms with Gasteiger partial charge in [-0.25, -0.2) is 9.97 Å². The van der Waals surface area contributed by atoms with E-state index in [1.165, 1.54) is 0 Å². The van der Waals surface area contributed by atoms with Gasteiger partial charge in [-0.3, -0.25) is 0 Å². The van der Waals surface area contributed by atoms with Crippen molar-refractivity contribution in [3.05, 3.63) is 36.0 Å². The molecule has 5 nitrogen and oxygen atoms in total. The zero-order chi connectivity index (χ0) is 13.5. The summed E-state index contributed by atoms with van der Waals surface area (Å²) in [6.45, 7) is 3.54.